The number of anilines is 2. The van der Waals surface area contributed by atoms with Gasteiger partial charge in [-0.05, 0) is 55.3 Å². The molecular weight excluding hydrogens is 422 g/mol. The average molecular weight is 440 g/mol. The summed E-state index contributed by atoms with van der Waals surface area (Å²) in [5.74, 6) is 6.84. The first-order valence-corrected chi connectivity index (χ1v) is 10.6. The number of pyridine rings is 1. The Balaban J connectivity index is 1.43. The number of amides is 1. The first-order valence-electron chi connectivity index (χ1n) is 10.2. The summed E-state index contributed by atoms with van der Waals surface area (Å²) in [6.45, 7) is 0. The first-order chi connectivity index (χ1) is 15.7. The lowest BCUT2D eigenvalue weighted by molar-refractivity contribution is 0.0951. The van der Waals surface area contributed by atoms with Crippen LogP contribution >= 0.6 is 11.6 Å². The molecule has 2 aromatic heterocycles. The van der Waals surface area contributed by atoms with Crippen molar-refractivity contribution in [2.24, 2.45) is 0 Å². The molecule has 1 fully saturated rings. The van der Waals surface area contributed by atoms with Crippen LogP contribution in [0.15, 0.2) is 67.0 Å². The van der Waals surface area contributed by atoms with E-state index in [2.05, 4.69) is 37.4 Å². The number of hydrogen-bond donors (Lipinski definition) is 2. The van der Waals surface area contributed by atoms with Gasteiger partial charge in [0.1, 0.15) is 17.0 Å². The Hall–Kier alpha value is -3.95. The second-order valence-electron chi connectivity index (χ2n) is 7.47. The Labute approximate surface area is 190 Å². The molecule has 2 aromatic carbocycles. The van der Waals surface area contributed by atoms with Crippen molar-refractivity contribution in [3.63, 3.8) is 0 Å². The minimum Gasteiger partial charge on any atom is -0.349 e. The van der Waals surface area contributed by atoms with Crippen LogP contribution in [0.3, 0.4) is 0 Å². The van der Waals surface area contributed by atoms with E-state index < -0.39 is 0 Å². The third-order valence-electron chi connectivity index (χ3n) is 5.01. The summed E-state index contributed by atoms with van der Waals surface area (Å²) >= 11 is 6.06. The molecule has 0 bridgehead atoms. The van der Waals surface area contributed by atoms with Crippen LogP contribution in [0.1, 0.15) is 34.3 Å². The second-order valence-corrected chi connectivity index (χ2v) is 7.86. The van der Waals surface area contributed by atoms with Gasteiger partial charge in [0.2, 0.25) is 0 Å². The number of hydrogen-bond acceptors (Lipinski definition) is 5. The van der Waals surface area contributed by atoms with Crippen LogP contribution in [0, 0.1) is 11.8 Å². The molecule has 0 atom stereocenters. The molecule has 0 spiro atoms. The van der Waals surface area contributed by atoms with E-state index in [1.165, 1.54) is 6.33 Å². The van der Waals surface area contributed by atoms with Crippen LogP contribution in [0.4, 0.5) is 11.5 Å². The van der Waals surface area contributed by atoms with Crippen LogP contribution in [-0.4, -0.2) is 26.9 Å². The molecule has 0 aliphatic heterocycles. The third-order valence-corrected chi connectivity index (χ3v) is 5.22. The van der Waals surface area contributed by atoms with Gasteiger partial charge in [-0.2, -0.15) is 0 Å². The largest absolute Gasteiger partial charge is 0.349 e. The number of benzene rings is 2. The van der Waals surface area contributed by atoms with Crippen molar-refractivity contribution in [2.45, 2.75) is 18.9 Å². The number of para-hydroxylation sites is 1. The van der Waals surface area contributed by atoms with E-state index in [1.807, 2.05) is 42.5 Å². The molecule has 156 valence electrons. The lowest BCUT2D eigenvalue weighted by Gasteiger charge is -2.09. The fourth-order valence-corrected chi connectivity index (χ4v) is 3.36. The van der Waals surface area contributed by atoms with Crippen molar-refractivity contribution in [1.82, 2.24) is 20.3 Å². The van der Waals surface area contributed by atoms with Crippen molar-refractivity contribution in [3.8, 4) is 11.8 Å². The van der Waals surface area contributed by atoms with E-state index in [1.54, 1.807) is 18.2 Å². The van der Waals surface area contributed by atoms with Crippen molar-refractivity contribution in [3.05, 3.63) is 88.8 Å². The van der Waals surface area contributed by atoms with Gasteiger partial charge in [0.25, 0.3) is 5.91 Å². The van der Waals surface area contributed by atoms with Gasteiger partial charge in [0, 0.05) is 22.7 Å². The summed E-state index contributed by atoms with van der Waals surface area (Å²) in [6, 6.07) is 18.8. The predicted molar refractivity (Wildman–Crippen MR) is 125 cm³/mol. The maximum absolute atomic E-state index is 12.3. The van der Waals surface area contributed by atoms with E-state index in [-0.39, 0.29) is 5.91 Å². The number of aromatic nitrogens is 3. The molecule has 7 heteroatoms. The highest BCUT2D eigenvalue weighted by Gasteiger charge is 2.23. The number of fused-ring (bicyclic) bond motifs is 1. The van der Waals surface area contributed by atoms with Crippen LogP contribution in [0.2, 0.25) is 5.15 Å². The summed E-state index contributed by atoms with van der Waals surface area (Å²) in [7, 11) is 0. The fourth-order valence-electron chi connectivity index (χ4n) is 3.21. The van der Waals surface area contributed by atoms with Gasteiger partial charge in [-0.25, -0.2) is 15.0 Å². The maximum atomic E-state index is 12.3. The number of carbonyl (C=O) groups is 1. The van der Waals surface area contributed by atoms with Gasteiger partial charge >= 0.3 is 0 Å². The maximum Gasteiger partial charge on any atom is 0.251 e. The monoisotopic (exact) mass is 439 g/mol. The minimum atomic E-state index is -0.0555. The molecule has 1 saturated carbocycles. The Morgan fingerprint density at radius 1 is 1.00 bits per heavy atom. The predicted octanol–water partition coefficient (Wildman–Crippen LogP) is 4.71. The van der Waals surface area contributed by atoms with E-state index >= 15 is 0 Å². The van der Waals surface area contributed by atoms with Crippen LogP contribution in [-0.2, 0) is 0 Å². The van der Waals surface area contributed by atoms with Gasteiger partial charge in [0.05, 0.1) is 11.2 Å². The highest BCUT2D eigenvalue weighted by atomic mass is 35.5. The fraction of sp³-hybridized carbons (Fsp3) is 0.120. The Kier molecular flexibility index (Phi) is 5.40. The van der Waals surface area contributed by atoms with Gasteiger partial charge in [-0.15, -0.1) is 0 Å². The lowest BCUT2D eigenvalue weighted by atomic mass is 10.1. The number of carbonyl (C=O) groups excluding carboxylic acids is 1. The molecule has 1 amide bonds. The number of nitrogens with zero attached hydrogens (tertiary/aromatic N) is 3. The Morgan fingerprint density at radius 2 is 1.88 bits per heavy atom. The zero-order valence-corrected chi connectivity index (χ0v) is 17.7. The van der Waals surface area contributed by atoms with Crippen LogP contribution < -0.4 is 10.6 Å². The van der Waals surface area contributed by atoms with Crippen LogP contribution in [0.5, 0.6) is 0 Å². The number of halogens is 1. The zero-order valence-electron chi connectivity index (χ0n) is 17.0. The molecule has 6 nitrogen and oxygen atoms in total. The summed E-state index contributed by atoms with van der Waals surface area (Å²) in [5.41, 5.74) is 4.22. The van der Waals surface area contributed by atoms with Crippen LogP contribution in [0.25, 0.3) is 11.0 Å². The van der Waals surface area contributed by atoms with Crippen molar-refractivity contribution in [2.75, 3.05) is 5.32 Å². The molecule has 1 aliphatic carbocycles. The Morgan fingerprint density at radius 3 is 2.75 bits per heavy atom. The second kappa shape index (κ2) is 8.66. The molecule has 32 heavy (non-hydrogen) atoms. The topological polar surface area (TPSA) is 79.8 Å². The van der Waals surface area contributed by atoms with Crippen molar-refractivity contribution < 1.29 is 4.79 Å². The highest BCUT2D eigenvalue weighted by Crippen LogP contribution is 2.25. The average Bonchev–Trinajstić information content (AvgIpc) is 3.63. The number of rotatable bonds is 4. The summed E-state index contributed by atoms with van der Waals surface area (Å²) in [5, 5.41) is 6.67. The SMILES string of the molecule is O=C(NC1CC1)c1cccc(C#Cc2ccccc2Nc2ncnc3ccc(Cl)nc23)c1. The third kappa shape index (κ3) is 4.53. The Bertz CT molecular complexity index is 1390. The molecule has 0 radical (unpaired) electrons. The summed E-state index contributed by atoms with van der Waals surface area (Å²) < 4.78 is 0. The molecule has 4 aromatic rings. The lowest BCUT2D eigenvalue weighted by Crippen LogP contribution is -2.25. The van der Waals surface area contributed by atoms with E-state index in [0.717, 1.165) is 29.7 Å². The van der Waals surface area contributed by atoms with Gasteiger partial charge in [0.15, 0.2) is 5.82 Å². The van der Waals surface area contributed by atoms with E-state index in [0.29, 0.717) is 33.6 Å². The van der Waals surface area contributed by atoms with Gasteiger partial charge in [-0.3, -0.25) is 4.79 Å². The van der Waals surface area contributed by atoms with Gasteiger partial charge < -0.3 is 10.6 Å². The highest BCUT2D eigenvalue weighted by molar-refractivity contribution is 6.29. The first kappa shape index (κ1) is 20.0. The van der Waals surface area contributed by atoms with E-state index in [4.69, 9.17) is 11.6 Å². The molecule has 0 unspecified atom stereocenters. The zero-order chi connectivity index (χ0) is 21.9. The summed E-state index contributed by atoms with van der Waals surface area (Å²) in [4.78, 5) is 25.2. The molecule has 1 aliphatic rings. The normalized spacial score (nSPS) is 12.7. The summed E-state index contributed by atoms with van der Waals surface area (Å²) in [6.07, 6.45) is 3.59. The minimum absolute atomic E-state index is 0.0555. The molecule has 2 N–H and O–H groups in total. The van der Waals surface area contributed by atoms with Gasteiger partial charge in [-0.1, -0.05) is 41.6 Å². The molecule has 2 heterocycles. The van der Waals surface area contributed by atoms with Crippen molar-refractivity contribution in [1.29, 1.82) is 0 Å². The van der Waals surface area contributed by atoms with Crippen molar-refractivity contribution >= 4 is 40.0 Å². The standard InChI is InChI=1S/C25H18ClN5O/c26-22-13-12-21-23(31-22)24(28-15-27-21)30-20-7-2-1-5-17(20)9-8-16-4-3-6-18(14-16)25(32)29-19-10-11-19/h1-7,12-15,19H,10-11H2,(H,29,32)(H,27,28,30). The smallest absolute Gasteiger partial charge is 0.251 e. The number of nitrogens with one attached hydrogen (secondary N) is 2. The van der Waals surface area contributed by atoms with E-state index in [9.17, 15) is 4.79 Å². The quantitative estimate of drug-likeness (QED) is 0.355. The molecule has 5 rings (SSSR count). The molecule has 0 saturated heterocycles. The molecular formula is C25H18ClN5O.